The summed E-state index contributed by atoms with van der Waals surface area (Å²) in [4.78, 5) is 2.48. The normalized spacial score (nSPS) is 24.1. The van der Waals surface area contributed by atoms with Gasteiger partial charge in [-0.05, 0) is 62.3 Å². The van der Waals surface area contributed by atoms with E-state index in [9.17, 15) is 5.11 Å². The molecule has 1 aliphatic carbocycles. The molecule has 1 aromatic rings. The summed E-state index contributed by atoms with van der Waals surface area (Å²) in [5.41, 5.74) is 4.23. The minimum atomic E-state index is -0.0157. The number of aliphatic hydroxyl groups is 1. The Kier molecular flexibility index (Phi) is 5.80. The largest absolute Gasteiger partial charge is 0.496 e. The molecule has 0 bridgehead atoms. The van der Waals surface area contributed by atoms with E-state index >= 15 is 0 Å². The summed E-state index contributed by atoms with van der Waals surface area (Å²) in [7, 11) is 3.51. The van der Waals surface area contributed by atoms with Crippen molar-refractivity contribution in [3.8, 4) is 5.75 Å². The van der Waals surface area contributed by atoms with Gasteiger partial charge < -0.3 is 14.6 Å². The zero-order chi connectivity index (χ0) is 17.0. The third kappa shape index (κ3) is 3.76. The van der Waals surface area contributed by atoms with Crippen LogP contribution in [0.5, 0.6) is 5.75 Å². The number of rotatable bonds is 7. The number of methoxy groups -OCH3 is 2. The first-order valence-electron chi connectivity index (χ1n) is 9.20. The number of benzene rings is 1. The Bertz CT molecular complexity index is 560. The lowest BCUT2D eigenvalue weighted by Gasteiger charge is -2.42. The highest BCUT2D eigenvalue weighted by Crippen LogP contribution is 2.36. The lowest BCUT2D eigenvalue weighted by molar-refractivity contribution is 0.00456. The number of likely N-dealkylation sites (tertiary alicyclic amines) is 1. The first-order chi connectivity index (χ1) is 11.7. The number of aryl methyl sites for hydroxylation is 2. The highest BCUT2D eigenvalue weighted by atomic mass is 16.5. The van der Waals surface area contributed by atoms with Gasteiger partial charge in [-0.1, -0.05) is 6.07 Å². The number of fused-ring (bicyclic) bond motifs is 1. The molecular weight excluding hydrogens is 302 g/mol. The van der Waals surface area contributed by atoms with Crippen molar-refractivity contribution in [2.24, 2.45) is 5.41 Å². The molecule has 134 valence electrons. The van der Waals surface area contributed by atoms with Crippen molar-refractivity contribution in [3.05, 3.63) is 28.8 Å². The van der Waals surface area contributed by atoms with E-state index in [1.54, 1.807) is 14.2 Å². The second-order valence-corrected chi connectivity index (χ2v) is 7.50. The monoisotopic (exact) mass is 333 g/mol. The van der Waals surface area contributed by atoms with Gasteiger partial charge >= 0.3 is 0 Å². The zero-order valence-electron chi connectivity index (χ0n) is 15.1. The maximum absolute atomic E-state index is 9.97. The molecule has 0 saturated carbocycles. The summed E-state index contributed by atoms with van der Waals surface area (Å²) in [6, 6.07) is 4.59. The van der Waals surface area contributed by atoms with Crippen LogP contribution in [0.1, 0.15) is 42.4 Å². The minimum absolute atomic E-state index is 0.0157. The van der Waals surface area contributed by atoms with E-state index in [-0.39, 0.29) is 12.0 Å². The number of piperidine rings is 1. The molecule has 24 heavy (non-hydrogen) atoms. The van der Waals surface area contributed by atoms with Crippen molar-refractivity contribution in [3.63, 3.8) is 0 Å². The average molecular weight is 333 g/mol. The lowest BCUT2D eigenvalue weighted by Crippen LogP contribution is -2.45. The van der Waals surface area contributed by atoms with E-state index in [4.69, 9.17) is 9.47 Å². The Morgan fingerprint density at radius 1 is 1.17 bits per heavy atom. The van der Waals surface area contributed by atoms with E-state index in [0.29, 0.717) is 0 Å². The summed E-state index contributed by atoms with van der Waals surface area (Å²) in [6.45, 7) is 3.90. The fraction of sp³-hybridized carbons (Fsp3) is 0.700. The molecular formula is C20H31NO3. The number of aliphatic hydroxyl groups excluding tert-OH is 1. The van der Waals surface area contributed by atoms with Crippen LogP contribution in [0.25, 0.3) is 0 Å². The molecule has 0 spiro atoms. The van der Waals surface area contributed by atoms with Gasteiger partial charge in [0.2, 0.25) is 0 Å². The van der Waals surface area contributed by atoms with Crippen LogP contribution in [0.3, 0.4) is 0 Å². The SMILES string of the molecule is COCCC1(CO)CCCN(Cc2cc3c(cc2OC)CCC3)C1. The Morgan fingerprint density at radius 2 is 1.96 bits per heavy atom. The molecule has 4 heteroatoms. The quantitative estimate of drug-likeness (QED) is 0.833. The predicted molar refractivity (Wildman–Crippen MR) is 95.5 cm³/mol. The fourth-order valence-corrected chi connectivity index (χ4v) is 4.38. The van der Waals surface area contributed by atoms with Gasteiger partial charge in [-0.25, -0.2) is 0 Å². The molecule has 0 aromatic heterocycles. The molecule has 2 aliphatic rings. The van der Waals surface area contributed by atoms with Crippen LogP contribution in [0, 0.1) is 5.41 Å². The number of nitrogens with zero attached hydrogens (tertiary/aromatic N) is 1. The van der Waals surface area contributed by atoms with Crippen LogP contribution < -0.4 is 4.74 Å². The molecule has 4 nitrogen and oxygen atoms in total. The maximum atomic E-state index is 9.97. The molecule has 1 aliphatic heterocycles. The molecule has 1 fully saturated rings. The van der Waals surface area contributed by atoms with Gasteiger partial charge in [-0.3, -0.25) is 4.90 Å². The molecule has 1 atom stereocenters. The highest BCUT2D eigenvalue weighted by molar-refractivity contribution is 5.44. The summed E-state index contributed by atoms with van der Waals surface area (Å²) >= 11 is 0. The second kappa shape index (κ2) is 7.85. The van der Waals surface area contributed by atoms with Gasteiger partial charge in [0.05, 0.1) is 13.7 Å². The first-order valence-corrected chi connectivity index (χ1v) is 9.20. The summed E-state index contributed by atoms with van der Waals surface area (Å²) < 4.78 is 10.9. The Morgan fingerprint density at radius 3 is 2.67 bits per heavy atom. The van der Waals surface area contributed by atoms with Gasteiger partial charge in [0.1, 0.15) is 5.75 Å². The van der Waals surface area contributed by atoms with Crippen molar-refractivity contribution < 1.29 is 14.6 Å². The van der Waals surface area contributed by atoms with Crippen LogP contribution in [-0.4, -0.2) is 50.5 Å². The fourth-order valence-electron chi connectivity index (χ4n) is 4.38. The van der Waals surface area contributed by atoms with Gasteiger partial charge in [-0.15, -0.1) is 0 Å². The van der Waals surface area contributed by atoms with E-state index in [1.807, 2.05) is 0 Å². The van der Waals surface area contributed by atoms with Crippen molar-refractivity contribution in [2.75, 3.05) is 40.5 Å². The topological polar surface area (TPSA) is 41.9 Å². The van der Waals surface area contributed by atoms with E-state index < -0.39 is 0 Å². The molecule has 0 amide bonds. The van der Waals surface area contributed by atoms with Crippen LogP contribution in [0.15, 0.2) is 12.1 Å². The third-order valence-corrected chi connectivity index (χ3v) is 5.80. The molecule has 1 unspecified atom stereocenters. The second-order valence-electron chi connectivity index (χ2n) is 7.50. The summed E-state index contributed by atoms with van der Waals surface area (Å²) in [5.74, 6) is 1.02. The van der Waals surface area contributed by atoms with E-state index in [2.05, 4.69) is 17.0 Å². The smallest absolute Gasteiger partial charge is 0.123 e. The zero-order valence-corrected chi connectivity index (χ0v) is 15.1. The van der Waals surface area contributed by atoms with Crippen molar-refractivity contribution in [1.82, 2.24) is 4.90 Å². The third-order valence-electron chi connectivity index (χ3n) is 5.80. The number of hydrogen-bond donors (Lipinski definition) is 1. The van der Waals surface area contributed by atoms with Gasteiger partial charge in [0.15, 0.2) is 0 Å². The summed E-state index contributed by atoms with van der Waals surface area (Å²) in [5, 5.41) is 9.97. The highest BCUT2D eigenvalue weighted by Gasteiger charge is 2.35. The Hall–Kier alpha value is -1.10. The molecule has 1 N–H and O–H groups in total. The van der Waals surface area contributed by atoms with Crippen LogP contribution >= 0.6 is 0 Å². The number of ether oxygens (including phenoxy) is 2. The van der Waals surface area contributed by atoms with Gasteiger partial charge in [-0.2, -0.15) is 0 Å². The van der Waals surface area contributed by atoms with E-state index in [1.165, 1.54) is 36.0 Å². The minimum Gasteiger partial charge on any atom is -0.496 e. The van der Waals surface area contributed by atoms with Gasteiger partial charge in [0.25, 0.3) is 0 Å². The molecule has 1 heterocycles. The molecule has 0 radical (unpaired) electrons. The average Bonchev–Trinajstić information content (AvgIpc) is 3.07. The Labute approximate surface area is 145 Å². The van der Waals surface area contributed by atoms with Crippen LogP contribution in [-0.2, 0) is 24.1 Å². The lowest BCUT2D eigenvalue weighted by atomic mass is 9.78. The molecule has 1 saturated heterocycles. The standard InChI is InChI=1S/C20H31NO3/c1-23-10-8-20(15-22)7-4-9-21(14-20)13-18-11-16-5-3-6-17(16)12-19(18)24-2/h11-12,22H,3-10,13-15H2,1-2H3. The van der Waals surface area contributed by atoms with Crippen LogP contribution in [0.4, 0.5) is 0 Å². The Balaban J connectivity index is 1.73. The predicted octanol–water partition coefficient (Wildman–Crippen LogP) is 2.79. The van der Waals surface area contributed by atoms with Crippen molar-refractivity contribution >= 4 is 0 Å². The van der Waals surface area contributed by atoms with Gasteiger partial charge in [0, 0.05) is 37.8 Å². The number of hydrogen-bond acceptors (Lipinski definition) is 4. The molecule has 3 rings (SSSR count). The van der Waals surface area contributed by atoms with Crippen molar-refractivity contribution in [2.45, 2.75) is 45.1 Å². The first kappa shape index (κ1) is 17.7. The van der Waals surface area contributed by atoms with Crippen LogP contribution in [0.2, 0.25) is 0 Å². The van der Waals surface area contributed by atoms with Crippen molar-refractivity contribution in [1.29, 1.82) is 0 Å². The summed E-state index contributed by atoms with van der Waals surface area (Å²) in [6.07, 6.45) is 6.79. The maximum Gasteiger partial charge on any atom is 0.123 e. The van der Waals surface area contributed by atoms with E-state index in [0.717, 1.165) is 51.3 Å². The molecule has 1 aromatic carbocycles.